The van der Waals surface area contributed by atoms with Crippen molar-refractivity contribution in [3.8, 4) is 11.7 Å². The lowest BCUT2D eigenvalue weighted by molar-refractivity contribution is -0.142. The molecule has 3 heterocycles. The Hall–Kier alpha value is -2.86. The van der Waals surface area contributed by atoms with Gasteiger partial charge in [-0.3, -0.25) is 9.69 Å². The van der Waals surface area contributed by atoms with Crippen molar-refractivity contribution in [1.29, 1.82) is 0 Å². The molecule has 1 atom stereocenters. The van der Waals surface area contributed by atoms with Crippen LogP contribution in [0.1, 0.15) is 29.5 Å². The highest BCUT2D eigenvalue weighted by atomic mass is 16.4. The SMILES string of the molecule is Cc1cccc(CN2CCN(Cc3nc(-c4ccco4)oc3C)[C@H](C)C2=O)c1. The van der Waals surface area contributed by atoms with E-state index in [1.54, 1.807) is 6.26 Å². The van der Waals surface area contributed by atoms with Crippen molar-refractivity contribution in [3.05, 3.63) is 65.2 Å². The Kier molecular flexibility index (Phi) is 5.05. The van der Waals surface area contributed by atoms with Crippen LogP contribution in [0.25, 0.3) is 11.7 Å². The van der Waals surface area contributed by atoms with E-state index < -0.39 is 0 Å². The molecule has 1 aliphatic rings. The van der Waals surface area contributed by atoms with Gasteiger partial charge in [-0.05, 0) is 38.5 Å². The van der Waals surface area contributed by atoms with Gasteiger partial charge in [0.1, 0.15) is 5.76 Å². The molecule has 28 heavy (non-hydrogen) atoms. The van der Waals surface area contributed by atoms with E-state index in [4.69, 9.17) is 8.83 Å². The van der Waals surface area contributed by atoms with Crippen LogP contribution in [-0.4, -0.2) is 39.8 Å². The molecule has 0 N–H and O–H groups in total. The molecular weight excluding hydrogens is 354 g/mol. The summed E-state index contributed by atoms with van der Waals surface area (Å²) in [6.07, 6.45) is 1.60. The van der Waals surface area contributed by atoms with Crippen LogP contribution < -0.4 is 0 Å². The number of aromatic nitrogens is 1. The average Bonchev–Trinajstić information content (AvgIpc) is 3.32. The van der Waals surface area contributed by atoms with Gasteiger partial charge in [0.05, 0.1) is 18.0 Å². The maximum absolute atomic E-state index is 12.9. The number of hydrogen-bond acceptors (Lipinski definition) is 5. The molecule has 1 fully saturated rings. The first-order valence-corrected chi connectivity index (χ1v) is 9.60. The Morgan fingerprint density at radius 2 is 2.00 bits per heavy atom. The van der Waals surface area contributed by atoms with Crippen molar-refractivity contribution in [2.24, 2.45) is 0 Å². The van der Waals surface area contributed by atoms with E-state index in [0.29, 0.717) is 31.3 Å². The van der Waals surface area contributed by atoms with E-state index in [-0.39, 0.29) is 11.9 Å². The third-order valence-corrected chi connectivity index (χ3v) is 5.31. The highest BCUT2D eigenvalue weighted by Crippen LogP contribution is 2.24. The molecule has 0 unspecified atom stereocenters. The fraction of sp³-hybridized carbons (Fsp3) is 0.364. The van der Waals surface area contributed by atoms with Crippen LogP contribution in [-0.2, 0) is 17.9 Å². The third kappa shape index (κ3) is 3.73. The summed E-state index contributed by atoms with van der Waals surface area (Å²) < 4.78 is 11.1. The van der Waals surface area contributed by atoms with E-state index in [1.807, 2.05) is 36.9 Å². The van der Waals surface area contributed by atoms with Crippen molar-refractivity contribution in [3.63, 3.8) is 0 Å². The molecule has 146 valence electrons. The van der Waals surface area contributed by atoms with Crippen LogP contribution in [0.15, 0.2) is 51.5 Å². The first-order chi connectivity index (χ1) is 13.5. The number of amides is 1. The fourth-order valence-corrected chi connectivity index (χ4v) is 3.65. The number of oxazole rings is 1. The molecule has 1 saturated heterocycles. The molecule has 1 aromatic carbocycles. The minimum absolute atomic E-state index is 0.153. The minimum Gasteiger partial charge on any atom is -0.459 e. The number of nitrogens with zero attached hydrogens (tertiary/aromatic N) is 3. The van der Waals surface area contributed by atoms with E-state index in [0.717, 1.165) is 18.0 Å². The molecule has 6 nitrogen and oxygen atoms in total. The summed E-state index contributed by atoms with van der Waals surface area (Å²) >= 11 is 0. The summed E-state index contributed by atoms with van der Waals surface area (Å²) in [7, 11) is 0. The maximum Gasteiger partial charge on any atom is 0.263 e. The lowest BCUT2D eigenvalue weighted by Crippen LogP contribution is -2.55. The molecule has 3 aromatic rings. The topological polar surface area (TPSA) is 62.7 Å². The fourth-order valence-electron chi connectivity index (χ4n) is 3.65. The molecule has 1 amide bonds. The number of hydrogen-bond donors (Lipinski definition) is 0. The van der Waals surface area contributed by atoms with E-state index in [9.17, 15) is 4.79 Å². The second kappa shape index (κ2) is 7.64. The van der Waals surface area contributed by atoms with Crippen molar-refractivity contribution in [1.82, 2.24) is 14.8 Å². The Morgan fingerprint density at radius 3 is 2.75 bits per heavy atom. The standard InChI is InChI=1S/C22H25N3O3/c1-15-6-4-7-18(12-15)13-25-10-9-24(16(2)22(25)26)14-19-17(3)28-21(23-19)20-8-5-11-27-20/h4-8,11-12,16H,9-10,13-14H2,1-3H3/t16-/m1/s1. The quantitative estimate of drug-likeness (QED) is 0.675. The van der Waals surface area contributed by atoms with Crippen LogP contribution in [0.2, 0.25) is 0 Å². The number of furan rings is 1. The number of piperazine rings is 1. The van der Waals surface area contributed by atoms with Crippen molar-refractivity contribution in [2.45, 2.75) is 39.9 Å². The van der Waals surface area contributed by atoms with Gasteiger partial charge >= 0.3 is 0 Å². The zero-order chi connectivity index (χ0) is 19.7. The second-order valence-electron chi connectivity index (χ2n) is 7.39. The molecule has 0 saturated carbocycles. The number of benzene rings is 1. The first-order valence-electron chi connectivity index (χ1n) is 9.60. The van der Waals surface area contributed by atoms with Crippen LogP contribution in [0.4, 0.5) is 0 Å². The number of carbonyl (C=O) groups excluding carboxylic acids is 1. The van der Waals surface area contributed by atoms with Gasteiger partial charge in [-0.25, -0.2) is 4.98 Å². The summed E-state index contributed by atoms with van der Waals surface area (Å²) in [6, 6.07) is 11.8. The predicted octanol–water partition coefficient (Wildman–Crippen LogP) is 3.78. The number of carbonyl (C=O) groups is 1. The maximum atomic E-state index is 12.9. The summed E-state index contributed by atoms with van der Waals surface area (Å²) in [6.45, 7) is 8.69. The Morgan fingerprint density at radius 1 is 1.14 bits per heavy atom. The minimum atomic E-state index is -0.193. The highest BCUT2D eigenvalue weighted by Gasteiger charge is 2.32. The van der Waals surface area contributed by atoms with Crippen LogP contribution in [0.5, 0.6) is 0 Å². The van der Waals surface area contributed by atoms with Gasteiger partial charge in [0.2, 0.25) is 5.91 Å². The summed E-state index contributed by atoms with van der Waals surface area (Å²) in [5, 5.41) is 0. The van der Waals surface area contributed by atoms with E-state index >= 15 is 0 Å². The van der Waals surface area contributed by atoms with Gasteiger partial charge in [0, 0.05) is 26.2 Å². The number of aryl methyl sites for hydroxylation is 2. The predicted molar refractivity (Wildman–Crippen MR) is 105 cm³/mol. The molecular formula is C22H25N3O3. The summed E-state index contributed by atoms with van der Waals surface area (Å²) in [5.41, 5.74) is 3.23. The van der Waals surface area contributed by atoms with Crippen LogP contribution >= 0.6 is 0 Å². The monoisotopic (exact) mass is 379 g/mol. The van der Waals surface area contributed by atoms with Gasteiger partial charge in [-0.1, -0.05) is 29.8 Å². The molecule has 6 heteroatoms. The smallest absolute Gasteiger partial charge is 0.263 e. The van der Waals surface area contributed by atoms with Gasteiger partial charge in [0.15, 0.2) is 5.76 Å². The van der Waals surface area contributed by atoms with Crippen molar-refractivity contribution >= 4 is 5.91 Å². The largest absolute Gasteiger partial charge is 0.459 e. The molecule has 0 aliphatic carbocycles. The van der Waals surface area contributed by atoms with Crippen LogP contribution in [0.3, 0.4) is 0 Å². The summed E-state index contributed by atoms with van der Waals surface area (Å²) in [4.78, 5) is 21.6. The molecule has 2 aromatic heterocycles. The van der Waals surface area contributed by atoms with Gasteiger partial charge < -0.3 is 13.7 Å². The lowest BCUT2D eigenvalue weighted by atomic mass is 10.1. The zero-order valence-corrected chi connectivity index (χ0v) is 16.5. The zero-order valence-electron chi connectivity index (χ0n) is 16.5. The van der Waals surface area contributed by atoms with Crippen molar-refractivity contribution < 1.29 is 13.6 Å². The van der Waals surface area contributed by atoms with Crippen LogP contribution in [0, 0.1) is 13.8 Å². The molecule has 1 aliphatic heterocycles. The second-order valence-corrected chi connectivity index (χ2v) is 7.39. The lowest BCUT2D eigenvalue weighted by Gasteiger charge is -2.39. The number of rotatable bonds is 5. The Bertz CT molecular complexity index is 961. The Labute approximate surface area is 164 Å². The van der Waals surface area contributed by atoms with Crippen molar-refractivity contribution in [2.75, 3.05) is 13.1 Å². The summed E-state index contributed by atoms with van der Waals surface area (Å²) in [5.74, 6) is 2.00. The first kappa shape index (κ1) is 18.5. The van der Waals surface area contributed by atoms with E-state index in [2.05, 4.69) is 35.0 Å². The van der Waals surface area contributed by atoms with Gasteiger partial charge in [0.25, 0.3) is 5.89 Å². The van der Waals surface area contributed by atoms with Gasteiger partial charge in [-0.15, -0.1) is 0 Å². The third-order valence-electron chi connectivity index (χ3n) is 5.31. The van der Waals surface area contributed by atoms with E-state index in [1.165, 1.54) is 11.1 Å². The molecule has 0 radical (unpaired) electrons. The Balaban J connectivity index is 1.43. The van der Waals surface area contributed by atoms with Gasteiger partial charge in [-0.2, -0.15) is 0 Å². The molecule has 0 bridgehead atoms. The normalized spacial score (nSPS) is 18.0. The average molecular weight is 379 g/mol. The molecule has 0 spiro atoms. The highest BCUT2D eigenvalue weighted by molar-refractivity contribution is 5.82. The molecule has 4 rings (SSSR count).